The maximum atomic E-state index is 10.1. The summed E-state index contributed by atoms with van der Waals surface area (Å²) in [5.41, 5.74) is -0.689. The van der Waals surface area contributed by atoms with E-state index in [1.807, 2.05) is 13.0 Å². The highest BCUT2D eigenvalue weighted by Crippen LogP contribution is 2.30. The minimum atomic E-state index is -0.689. The molecule has 12 heavy (non-hydrogen) atoms. The quantitative estimate of drug-likeness (QED) is 0.701. The molecule has 0 saturated carbocycles. The molecule has 0 bridgehead atoms. The Labute approximate surface area is 74.2 Å². The zero-order valence-corrected chi connectivity index (χ0v) is 7.97. The monoisotopic (exact) mass is 170 g/mol. The van der Waals surface area contributed by atoms with Gasteiger partial charge in [0.25, 0.3) is 0 Å². The van der Waals surface area contributed by atoms with Crippen LogP contribution in [-0.4, -0.2) is 17.3 Å². The Balaban J connectivity index is 2.64. The Kier molecular flexibility index (Phi) is 3.15. The molecule has 0 spiro atoms. The summed E-state index contributed by atoms with van der Waals surface area (Å²) in [5.74, 6) is 0.798. The van der Waals surface area contributed by atoms with Crippen molar-refractivity contribution in [3.8, 4) is 0 Å². The minimum absolute atomic E-state index is 0.689. The van der Waals surface area contributed by atoms with Gasteiger partial charge in [0.05, 0.1) is 6.61 Å². The summed E-state index contributed by atoms with van der Waals surface area (Å²) in [5, 5.41) is 10.1. The minimum Gasteiger partial charge on any atom is -0.495 e. The van der Waals surface area contributed by atoms with Crippen molar-refractivity contribution in [2.45, 2.75) is 45.1 Å². The van der Waals surface area contributed by atoms with Gasteiger partial charge in [-0.25, -0.2) is 0 Å². The van der Waals surface area contributed by atoms with Crippen molar-refractivity contribution < 1.29 is 9.84 Å². The van der Waals surface area contributed by atoms with Gasteiger partial charge in [0.2, 0.25) is 0 Å². The molecule has 1 atom stereocenters. The zero-order chi connectivity index (χ0) is 9.03. The van der Waals surface area contributed by atoms with Crippen LogP contribution in [0.4, 0.5) is 0 Å². The standard InChI is InChI=1S/C10H18O2/c1-3-7-10(11,4-2)9-6-5-8-12-9/h6,11H,3-5,7-8H2,1-2H3. The summed E-state index contributed by atoms with van der Waals surface area (Å²) < 4.78 is 5.37. The van der Waals surface area contributed by atoms with E-state index in [2.05, 4.69) is 6.92 Å². The van der Waals surface area contributed by atoms with Crippen LogP contribution < -0.4 is 0 Å². The molecule has 1 aliphatic rings. The van der Waals surface area contributed by atoms with Crippen LogP contribution in [0.2, 0.25) is 0 Å². The molecule has 1 aliphatic heterocycles. The molecule has 1 rings (SSSR count). The molecule has 0 saturated heterocycles. The Morgan fingerprint density at radius 1 is 1.58 bits per heavy atom. The van der Waals surface area contributed by atoms with Gasteiger partial charge >= 0.3 is 0 Å². The van der Waals surface area contributed by atoms with Gasteiger partial charge in [-0.15, -0.1) is 0 Å². The predicted octanol–water partition coefficient (Wildman–Crippen LogP) is 2.23. The highest BCUT2D eigenvalue weighted by atomic mass is 16.5. The van der Waals surface area contributed by atoms with E-state index in [4.69, 9.17) is 4.74 Å². The fourth-order valence-electron chi connectivity index (χ4n) is 1.63. The Morgan fingerprint density at radius 3 is 2.75 bits per heavy atom. The second-order valence-corrected chi connectivity index (χ2v) is 3.34. The molecule has 0 aromatic rings. The van der Waals surface area contributed by atoms with Crippen LogP contribution in [0, 0.1) is 0 Å². The van der Waals surface area contributed by atoms with E-state index in [-0.39, 0.29) is 0 Å². The van der Waals surface area contributed by atoms with Gasteiger partial charge in [-0.1, -0.05) is 20.3 Å². The van der Waals surface area contributed by atoms with Crippen LogP contribution in [0.15, 0.2) is 11.8 Å². The molecule has 0 radical (unpaired) electrons. The second-order valence-electron chi connectivity index (χ2n) is 3.34. The van der Waals surface area contributed by atoms with Crippen LogP contribution in [0.25, 0.3) is 0 Å². The van der Waals surface area contributed by atoms with Gasteiger partial charge in [0, 0.05) is 6.42 Å². The summed E-state index contributed by atoms with van der Waals surface area (Å²) in [7, 11) is 0. The van der Waals surface area contributed by atoms with Crippen LogP contribution in [0.1, 0.15) is 39.5 Å². The summed E-state index contributed by atoms with van der Waals surface area (Å²) in [6, 6.07) is 0. The van der Waals surface area contributed by atoms with E-state index in [9.17, 15) is 5.11 Å². The van der Waals surface area contributed by atoms with Crippen molar-refractivity contribution >= 4 is 0 Å². The van der Waals surface area contributed by atoms with Gasteiger partial charge in [0.1, 0.15) is 11.4 Å². The highest BCUT2D eigenvalue weighted by Gasteiger charge is 2.31. The maximum Gasteiger partial charge on any atom is 0.124 e. The Morgan fingerprint density at radius 2 is 2.33 bits per heavy atom. The fourth-order valence-corrected chi connectivity index (χ4v) is 1.63. The Bertz CT molecular complexity index is 175. The van der Waals surface area contributed by atoms with Gasteiger partial charge in [-0.3, -0.25) is 0 Å². The molecule has 2 nitrogen and oxygen atoms in total. The first kappa shape index (κ1) is 9.59. The van der Waals surface area contributed by atoms with Crippen molar-refractivity contribution in [2.75, 3.05) is 6.61 Å². The predicted molar refractivity (Wildman–Crippen MR) is 48.8 cm³/mol. The largest absolute Gasteiger partial charge is 0.495 e. The third-order valence-corrected chi connectivity index (χ3v) is 2.41. The van der Waals surface area contributed by atoms with Crippen molar-refractivity contribution in [3.63, 3.8) is 0 Å². The average Bonchev–Trinajstić information content (AvgIpc) is 2.57. The summed E-state index contributed by atoms with van der Waals surface area (Å²) in [4.78, 5) is 0. The van der Waals surface area contributed by atoms with Crippen LogP contribution in [-0.2, 0) is 4.74 Å². The molecule has 1 unspecified atom stereocenters. The lowest BCUT2D eigenvalue weighted by Crippen LogP contribution is -2.30. The van der Waals surface area contributed by atoms with Crippen molar-refractivity contribution in [1.29, 1.82) is 0 Å². The first-order chi connectivity index (χ1) is 5.73. The molecule has 0 fully saturated rings. The normalized spacial score (nSPS) is 21.4. The van der Waals surface area contributed by atoms with Gasteiger partial charge in [0.15, 0.2) is 0 Å². The van der Waals surface area contributed by atoms with E-state index in [1.165, 1.54) is 0 Å². The van der Waals surface area contributed by atoms with Crippen molar-refractivity contribution in [1.82, 2.24) is 0 Å². The first-order valence-corrected chi connectivity index (χ1v) is 4.78. The number of hydrogen-bond acceptors (Lipinski definition) is 2. The smallest absolute Gasteiger partial charge is 0.124 e. The second kappa shape index (κ2) is 3.94. The summed E-state index contributed by atoms with van der Waals surface area (Å²) >= 11 is 0. The zero-order valence-electron chi connectivity index (χ0n) is 7.97. The summed E-state index contributed by atoms with van der Waals surface area (Å²) in [6.45, 7) is 4.82. The maximum absolute atomic E-state index is 10.1. The van der Waals surface area contributed by atoms with Gasteiger partial charge in [-0.2, -0.15) is 0 Å². The fraction of sp³-hybridized carbons (Fsp3) is 0.800. The Hall–Kier alpha value is -0.500. The molecular formula is C10H18O2. The highest BCUT2D eigenvalue weighted by molar-refractivity contribution is 5.12. The lowest BCUT2D eigenvalue weighted by atomic mass is 9.92. The molecule has 0 aromatic carbocycles. The lowest BCUT2D eigenvalue weighted by molar-refractivity contribution is 0.00849. The van der Waals surface area contributed by atoms with Crippen molar-refractivity contribution in [3.05, 3.63) is 11.8 Å². The molecular weight excluding hydrogens is 152 g/mol. The SMILES string of the molecule is CCCC(O)(CC)C1=CCCO1. The molecule has 0 aliphatic carbocycles. The van der Waals surface area contributed by atoms with E-state index >= 15 is 0 Å². The van der Waals surface area contributed by atoms with Gasteiger partial charge in [-0.05, 0) is 18.9 Å². The van der Waals surface area contributed by atoms with E-state index in [0.29, 0.717) is 0 Å². The van der Waals surface area contributed by atoms with Crippen LogP contribution >= 0.6 is 0 Å². The number of aliphatic hydroxyl groups is 1. The van der Waals surface area contributed by atoms with Crippen LogP contribution in [0.3, 0.4) is 0 Å². The third-order valence-electron chi connectivity index (χ3n) is 2.41. The number of hydrogen-bond donors (Lipinski definition) is 1. The van der Waals surface area contributed by atoms with E-state index in [0.717, 1.165) is 38.0 Å². The third kappa shape index (κ3) is 1.81. The molecule has 0 aromatic heterocycles. The molecule has 70 valence electrons. The average molecular weight is 170 g/mol. The van der Waals surface area contributed by atoms with Crippen molar-refractivity contribution in [2.24, 2.45) is 0 Å². The molecule has 2 heteroatoms. The first-order valence-electron chi connectivity index (χ1n) is 4.78. The molecule has 0 amide bonds. The topological polar surface area (TPSA) is 29.5 Å². The lowest BCUT2D eigenvalue weighted by Gasteiger charge is -2.26. The molecule has 1 N–H and O–H groups in total. The van der Waals surface area contributed by atoms with Crippen LogP contribution in [0.5, 0.6) is 0 Å². The molecule has 1 heterocycles. The van der Waals surface area contributed by atoms with E-state index in [1.54, 1.807) is 0 Å². The van der Waals surface area contributed by atoms with E-state index < -0.39 is 5.60 Å². The van der Waals surface area contributed by atoms with Gasteiger partial charge < -0.3 is 9.84 Å². The summed E-state index contributed by atoms with van der Waals surface area (Å²) in [6.07, 6.45) is 5.49. The number of ether oxygens (including phenoxy) is 1. The number of rotatable bonds is 4.